The van der Waals surface area contributed by atoms with Crippen molar-refractivity contribution in [3.05, 3.63) is 29.8 Å². The Morgan fingerprint density at radius 1 is 1.05 bits per heavy atom. The van der Waals surface area contributed by atoms with Gasteiger partial charge in [0.2, 0.25) is 5.91 Å². The topological polar surface area (TPSA) is 84.2 Å². The largest absolute Gasteiger partial charge is 0.350 e. The maximum atomic E-state index is 11.8. The Kier molecular flexibility index (Phi) is 5.70. The van der Waals surface area contributed by atoms with Crippen molar-refractivity contribution in [2.45, 2.75) is 39.8 Å². The molecule has 1 atom stereocenters. The summed E-state index contributed by atoms with van der Waals surface area (Å²) in [4.78, 5) is 23.6. The van der Waals surface area contributed by atoms with Crippen LogP contribution in [0.4, 0.5) is 5.69 Å². The Morgan fingerprint density at radius 2 is 1.60 bits per heavy atom. The fraction of sp³-hybridized carbons (Fsp3) is 0.467. The van der Waals surface area contributed by atoms with Crippen molar-refractivity contribution in [3.8, 4) is 0 Å². The number of amides is 2. The quantitative estimate of drug-likeness (QED) is 0.766. The minimum absolute atomic E-state index is 0.0751. The Balaban J connectivity index is 2.67. The standard InChI is InChI=1S/C15H23N3O2/c1-9(2)13(16)15(20)18-12-7-5-11(6-8-12)14(19)17-10(3)4/h5-10,13H,16H2,1-4H3,(H,17,19)(H,18,20)/t13-/m1/s1. The normalized spacial score (nSPS) is 12.3. The molecule has 0 saturated carbocycles. The lowest BCUT2D eigenvalue weighted by Crippen LogP contribution is -2.39. The van der Waals surface area contributed by atoms with Crippen LogP contribution in [-0.4, -0.2) is 23.9 Å². The van der Waals surface area contributed by atoms with Gasteiger partial charge in [0.1, 0.15) is 0 Å². The molecule has 0 saturated heterocycles. The molecule has 5 heteroatoms. The lowest BCUT2D eigenvalue weighted by atomic mass is 10.0. The minimum Gasteiger partial charge on any atom is -0.350 e. The van der Waals surface area contributed by atoms with Gasteiger partial charge >= 0.3 is 0 Å². The first-order valence-electron chi connectivity index (χ1n) is 6.78. The first-order valence-corrected chi connectivity index (χ1v) is 6.78. The number of anilines is 1. The Hall–Kier alpha value is -1.88. The van der Waals surface area contributed by atoms with Crippen molar-refractivity contribution in [2.75, 3.05) is 5.32 Å². The van der Waals surface area contributed by atoms with Crippen molar-refractivity contribution in [2.24, 2.45) is 11.7 Å². The van der Waals surface area contributed by atoms with Gasteiger partial charge in [-0.25, -0.2) is 0 Å². The van der Waals surface area contributed by atoms with Crippen molar-refractivity contribution in [1.82, 2.24) is 5.32 Å². The number of hydrogen-bond donors (Lipinski definition) is 3. The lowest BCUT2D eigenvalue weighted by molar-refractivity contribution is -0.118. The van der Waals surface area contributed by atoms with E-state index < -0.39 is 6.04 Å². The summed E-state index contributed by atoms with van der Waals surface area (Å²) in [5.74, 6) is -0.276. The van der Waals surface area contributed by atoms with Crippen LogP contribution >= 0.6 is 0 Å². The molecule has 0 unspecified atom stereocenters. The predicted molar refractivity (Wildman–Crippen MR) is 80.5 cm³/mol. The van der Waals surface area contributed by atoms with Crippen LogP contribution in [0.1, 0.15) is 38.1 Å². The molecule has 4 N–H and O–H groups in total. The molecule has 0 fully saturated rings. The van der Waals surface area contributed by atoms with E-state index in [-0.39, 0.29) is 23.8 Å². The van der Waals surface area contributed by atoms with Gasteiger partial charge in [0, 0.05) is 17.3 Å². The molecule has 0 radical (unpaired) electrons. The first-order chi connectivity index (χ1) is 9.31. The summed E-state index contributed by atoms with van der Waals surface area (Å²) in [6, 6.07) is 6.29. The highest BCUT2D eigenvalue weighted by molar-refractivity contribution is 5.97. The van der Waals surface area contributed by atoms with Gasteiger partial charge in [-0.05, 0) is 44.0 Å². The summed E-state index contributed by atoms with van der Waals surface area (Å²) < 4.78 is 0. The summed E-state index contributed by atoms with van der Waals surface area (Å²) in [5.41, 5.74) is 6.96. The van der Waals surface area contributed by atoms with E-state index in [1.807, 2.05) is 27.7 Å². The monoisotopic (exact) mass is 277 g/mol. The molecule has 1 aromatic carbocycles. The molecule has 0 aromatic heterocycles. The van der Waals surface area contributed by atoms with Gasteiger partial charge in [0.05, 0.1) is 6.04 Å². The summed E-state index contributed by atoms with van der Waals surface area (Å²) in [5, 5.41) is 5.54. The van der Waals surface area contributed by atoms with E-state index in [0.717, 1.165) is 0 Å². The number of benzene rings is 1. The zero-order chi connectivity index (χ0) is 15.3. The molecule has 0 heterocycles. The molecule has 0 aliphatic rings. The van der Waals surface area contributed by atoms with Crippen LogP contribution in [0.25, 0.3) is 0 Å². The van der Waals surface area contributed by atoms with E-state index in [0.29, 0.717) is 11.3 Å². The average Bonchev–Trinajstić information content (AvgIpc) is 2.37. The number of nitrogens with one attached hydrogen (secondary N) is 2. The van der Waals surface area contributed by atoms with Crippen LogP contribution in [0.5, 0.6) is 0 Å². The summed E-state index contributed by atoms with van der Waals surface area (Å²) in [6.45, 7) is 7.59. The third-order valence-corrected chi connectivity index (χ3v) is 2.86. The second-order valence-corrected chi connectivity index (χ2v) is 5.46. The van der Waals surface area contributed by atoms with Crippen molar-refractivity contribution in [1.29, 1.82) is 0 Å². The molecule has 110 valence electrons. The molecular weight excluding hydrogens is 254 g/mol. The van der Waals surface area contributed by atoms with Gasteiger partial charge in [-0.2, -0.15) is 0 Å². The number of carbonyl (C=O) groups is 2. The van der Waals surface area contributed by atoms with E-state index in [2.05, 4.69) is 10.6 Å². The Labute approximate surface area is 119 Å². The van der Waals surface area contributed by atoms with E-state index in [9.17, 15) is 9.59 Å². The fourth-order valence-corrected chi connectivity index (χ4v) is 1.58. The van der Waals surface area contributed by atoms with Crippen LogP contribution in [0, 0.1) is 5.92 Å². The molecule has 0 aliphatic heterocycles. The predicted octanol–water partition coefficient (Wildman–Crippen LogP) is 1.75. The minimum atomic E-state index is -0.543. The Morgan fingerprint density at radius 3 is 2.05 bits per heavy atom. The molecule has 20 heavy (non-hydrogen) atoms. The lowest BCUT2D eigenvalue weighted by Gasteiger charge is -2.15. The molecule has 5 nitrogen and oxygen atoms in total. The first kappa shape index (κ1) is 16.2. The maximum Gasteiger partial charge on any atom is 0.251 e. The third-order valence-electron chi connectivity index (χ3n) is 2.86. The maximum absolute atomic E-state index is 11.8. The number of hydrogen-bond acceptors (Lipinski definition) is 3. The average molecular weight is 277 g/mol. The SMILES string of the molecule is CC(C)NC(=O)c1ccc(NC(=O)[C@H](N)C(C)C)cc1. The molecule has 0 spiro atoms. The summed E-state index contributed by atoms with van der Waals surface area (Å²) >= 11 is 0. The van der Waals surface area contributed by atoms with Gasteiger partial charge in [-0.15, -0.1) is 0 Å². The highest BCUT2D eigenvalue weighted by Gasteiger charge is 2.17. The van der Waals surface area contributed by atoms with Crippen molar-refractivity contribution < 1.29 is 9.59 Å². The molecule has 0 aliphatic carbocycles. The molecule has 1 aromatic rings. The molecule has 0 bridgehead atoms. The summed E-state index contributed by atoms with van der Waals surface area (Å²) in [7, 11) is 0. The van der Waals surface area contributed by atoms with Crippen LogP contribution in [0.15, 0.2) is 24.3 Å². The molecule has 2 amide bonds. The highest BCUT2D eigenvalue weighted by atomic mass is 16.2. The van der Waals surface area contributed by atoms with Crippen molar-refractivity contribution in [3.63, 3.8) is 0 Å². The van der Waals surface area contributed by atoms with Gasteiger partial charge in [0.15, 0.2) is 0 Å². The molecule has 1 rings (SSSR count). The second-order valence-electron chi connectivity index (χ2n) is 5.46. The van der Waals surface area contributed by atoms with E-state index >= 15 is 0 Å². The van der Waals surface area contributed by atoms with E-state index in [1.165, 1.54) is 0 Å². The van der Waals surface area contributed by atoms with E-state index in [4.69, 9.17) is 5.73 Å². The van der Waals surface area contributed by atoms with E-state index in [1.54, 1.807) is 24.3 Å². The van der Waals surface area contributed by atoms with Crippen LogP contribution in [0.2, 0.25) is 0 Å². The van der Waals surface area contributed by atoms with Crippen LogP contribution < -0.4 is 16.4 Å². The second kappa shape index (κ2) is 7.05. The molecular formula is C15H23N3O2. The zero-order valence-corrected chi connectivity index (χ0v) is 12.4. The van der Waals surface area contributed by atoms with Crippen molar-refractivity contribution >= 4 is 17.5 Å². The smallest absolute Gasteiger partial charge is 0.251 e. The van der Waals surface area contributed by atoms with Crippen LogP contribution in [0.3, 0.4) is 0 Å². The van der Waals surface area contributed by atoms with Gasteiger partial charge in [-0.1, -0.05) is 13.8 Å². The number of nitrogens with two attached hydrogens (primary N) is 1. The summed E-state index contributed by atoms with van der Waals surface area (Å²) in [6.07, 6.45) is 0. The Bertz CT molecular complexity index is 467. The van der Waals surface area contributed by atoms with Gasteiger partial charge in [0.25, 0.3) is 5.91 Å². The van der Waals surface area contributed by atoms with Gasteiger partial charge < -0.3 is 16.4 Å². The third kappa shape index (κ3) is 4.66. The number of rotatable bonds is 5. The highest BCUT2D eigenvalue weighted by Crippen LogP contribution is 2.11. The fourth-order valence-electron chi connectivity index (χ4n) is 1.58. The zero-order valence-electron chi connectivity index (χ0n) is 12.4. The van der Waals surface area contributed by atoms with Crippen LogP contribution in [-0.2, 0) is 4.79 Å². The number of carbonyl (C=O) groups excluding carboxylic acids is 2. The van der Waals surface area contributed by atoms with Gasteiger partial charge in [-0.3, -0.25) is 9.59 Å².